The summed E-state index contributed by atoms with van der Waals surface area (Å²) in [5.74, 6) is -0.573. The SMILES string of the molecule is O=C(Nc1nc2ccc(F)cc2s1)c1cccc(N2CCCC2=O)c1. The van der Waals surface area contributed by atoms with Crippen molar-refractivity contribution in [2.75, 3.05) is 16.8 Å². The Kier molecular flexibility index (Phi) is 3.93. The van der Waals surface area contributed by atoms with E-state index >= 15 is 0 Å². The van der Waals surface area contributed by atoms with Gasteiger partial charge in [0.05, 0.1) is 10.2 Å². The van der Waals surface area contributed by atoms with Gasteiger partial charge in [0.2, 0.25) is 5.91 Å². The molecular weight excluding hydrogens is 341 g/mol. The Balaban J connectivity index is 1.56. The minimum Gasteiger partial charge on any atom is -0.312 e. The molecular formula is C18H14FN3O2S. The summed E-state index contributed by atoms with van der Waals surface area (Å²) < 4.78 is 13.9. The van der Waals surface area contributed by atoms with Crippen molar-refractivity contribution in [3.8, 4) is 0 Å². The van der Waals surface area contributed by atoms with Gasteiger partial charge in [0.25, 0.3) is 5.91 Å². The molecule has 5 nitrogen and oxygen atoms in total. The molecule has 1 aromatic heterocycles. The summed E-state index contributed by atoms with van der Waals surface area (Å²) in [6.45, 7) is 0.674. The molecule has 2 aromatic carbocycles. The van der Waals surface area contributed by atoms with Crippen LogP contribution in [-0.2, 0) is 4.79 Å². The van der Waals surface area contributed by atoms with Gasteiger partial charge in [-0.25, -0.2) is 9.37 Å². The van der Waals surface area contributed by atoms with E-state index in [0.29, 0.717) is 33.9 Å². The van der Waals surface area contributed by atoms with Crippen molar-refractivity contribution in [3.05, 3.63) is 53.8 Å². The van der Waals surface area contributed by atoms with E-state index in [1.165, 1.54) is 23.5 Å². The van der Waals surface area contributed by atoms with Crippen molar-refractivity contribution in [2.24, 2.45) is 0 Å². The molecule has 3 aromatic rings. The van der Waals surface area contributed by atoms with E-state index in [-0.39, 0.29) is 17.6 Å². The molecule has 1 N–H and O–H groups in total. The number of rotatable bonds is 3. The first-order valence-corrected chi connectivity index (χ1v) is 8.70. The second-order valence-electron chi connectivity index (χ2n) is 5.78. The lowest BCUT2D eigenvalue weighted by molar-refractivity contribution is -0.117. The normalized spacial score (nSPS) is 14.3. The number of hydrogen-bond acceptors (Lipinski definition) is 4. The molecule has 1 aliphatic rings. The highest BCUT2D eigenvalue weighted by molar-refractivity contribution is 7.22. The maximum absolute atomic E-state index is 13.3. The molecule has 0 bridgehead atoms. The lowest BCUT2D eigenvalue weighted by atomic mass is 10.2. The lowest BCUT2D eigenvalue weighted by Gasteiger charge is -2.16. The van der Waals surface area contributed by atoms with E-state index in [1.807, 2.05) is 6.07 Å². The van der Waals surface area contributed by atoms with Crippen molar-refractivity contribution in [3.63, 3.8) is 0 Å². The van der Waals surface area contributed by atoms with Crippen LogP contribution < -0.4 is 10.2 Å². The number of benzene rings is 2. The number of nitrogens with one attached hydrogen (secondary N) is 1. The fraction of sp³-hybridized carbons (Fsp3) is 0.167. The number of amides is 2. The molecule has 2 heterocycles. The molecule has 0 radical (unpaired) electrons. The number of nitrogens with zero attached hydrogens (tertiary/aromatic N) is 2. The smallest absolute Gasteiger partial charge is 0.257 e. The van der Waals surface area contributed by atoms with E-state index in [1.54, 1.807) is 29.2 Å². The van der Waals surface area contributed by atoms with Crippen LogP contribution in [0.3, 0.4) is 0 Å². The third-order valence-corrected chi connectivity index (χ3v) is 5.00. The summed E-state index contributed by atoms with van der Waals surface area (Å²) in [5.41, 5.74) is 1.81. The highest BCUT2D eigenvalue weighted by Crippen LogP contribution is 2.27. The number of carbonyl (C=O) groups is 2. The molecule has 126 valence electrons. The molecule has 7 heteroatoms. The van der Waals surface area contributed by atoms with Gasteiger partial charge < -0.3 is 4.90 Å². The highest BCUT2D eigenvalue weighted by Gasteiger charge is 2.22. The largest absolute Gasteiger partial charge is 0.312 e. The van der Waals surface area contributed by atoms with Gasteiger partial charge in [-0.15, -0.1) is 0 Å². The van der Waals surface area contributed by atoms with E-state index < -0.39 is 0 Å². The monoisotopic (exact) mass is 355 g/mol. The Labute approximate surface area is 147 Å². The first-order valence-electron chi connectivity index (χ1n) is 7.88. The van der Waals surface area contributed by atoms with Gasteiger partial charge in [0.1, 0.15) is 5.82 Å². The second-order valence-corrected chi connectivity index (χ2v) is 6.82. The van der Waals surface area contributed by atoms with Gasteiger partial charge >= 0.3 is 0 Å². The van der Waals surface area contributed by atoms with Gasteiger partial charge in [-0.2, -0.15) is 0 Å². The predicted molar refractivity (Wildman–Crippen MR) is 95.6 cm³/mol. The summed E-state index contributed by atoms with van der Waals surface area (Å²) >= 11 is 1.22. The van der Waals surface area contributed by atoms with Crippen molar-refractivity contribution >= 4 is 44.2 Å². The number of hydrogen-bond donors (Lipinski definition) is 1. The number of carbonyl (C=O) groups excluding carboxylic acids is 2. The maximum Gasteiger partial charge on any atom is 0.257 e. The molecule has 0 unspecified atom stereocenters. The molecule has 1 fully saturated rings. The third-order valence-electron chi connectivity index (χ3n) is 4.06. The van der Waals surface area contributed by atoms with E-state index in [4.69, 9.17) is 0 Å². The Morgan fingerprint density at radius 2 is 2.12 bits per heavy atom. The van der Waals surface area contributed by atoms with Crippen LogP contribution in [0.4, 0.5) is 15.2 Å². The van der Waals surface area contributed by atoms with Crippen LogP contribution >= 0.6 is 11.3 Å². The maximum atomic E-state index is 13.3. The minimum absolute atomic E-state index is 0.0748. The molecule has 0 spiro atoms. The molecule has 1 saturated heterocycles. The quantitative estimate of drug-likeness (QED) is 0.777. The van der Waals surface area contributed by atoms with E-state index in [0.717, 1.165) is 12.1 Å². The lowest BCUT2D eigenvalue weighted by Crippen LogP contribution is -2.24. The second kappa shape index (κ2) is 6.25. The van der Waals surface area contributed by atoms with Gasteiger partial charge in [0, 0.05) is 24.2 Å². The van der Waals surface area contributed by atoms with Crippen LogP contribution in [0.1, 0.15) is 23.2 Å². The van der Waals surface area contributed by atoms with Crippen LogP contribution in [0, 0.1) is 5.82 Å². The number of halogens is 1. The van der Waals surface area contributed by atoms with Crippen molar-refractivity contribution in [2.45, 2.75) is 12.8 Å². The topological polar surface area (TPSA) is 62.3 Å². The molecule has 2 amide bonds. The molecule has 0 saturated carbocycles. The molecule has 0 aliphatic carbocycles. The van der Waals surface area contributed by atoms with E-state index in [9.17, 15) is 14.0 Å². The minimum atomic E-state index is -0.336. The number of thiazole rings is 1. The molecule has 4 rings (SSSR count). The van der Waals surface area contributed by atoms with Crippen LogP contribution in [0.15, 0.2) is 42.5 Å². The zero-order valence-corrected chi connectivity index (χ0v) is 14.0. The number of anilines is 2. The Morgan fingerprint density at radius 1 is 1.24 bits per heavy atom. The first kappa shape index (κ1) is 15.7. The zero-order valence-electron chi connectivity index (χ0n) is 13.2. The Morgan fingerprint density at radius 3 is 2.92 bits per heavy atom. The van der Waals surface area contributed by atoms with Crippen LogP contribution in [-0.4, -0.2) is 23.3 Å². The van der Waals surface area contributed by atoms with E-state index in [2.05, 4.69) is 10.3 Å². The predicted octanol–water partition coefficient (Wildman–Crippen LogP) is 3.81. The first-order chi connectivity index (χ1) is 12.1. The average Bonchev–Trinajstić information content (AvgIpc) is 3.20. The van der Waals surface area contributed by atoms with Crippen LogP contribution in [0.25, 0.3) is 10.2 Å². The molecule has 25 heavy (non-hydrogen) atoms. The van der Waals surface area contributed by atoms with Crippen molar-refractivity contribution in [1.82, 2.24) is 4.98 Å². The number of aromatic nitrogens is 1. The van der Waals surface area contributed by atoms with Crippen LogP contribution in [0.2, 0.25) is 0 Å². The number of fused-ring (bicyclic) bond motifs is 1. The van der Waals surface area contributed by atoms with Gasteiger partial charge in [0.15, 0.2) is 5.13 Å². The fourth-order valence-corrected chi connectivity index (χ4v) is 3.74. The van der Waals surface area contributed by atoms with Gasteiger partial charge in [-0.3, -0.25) is 14.9 Å². The van der Waals surface area contributed by atoms with Crippen molar-refractivity contribution < 1.29 is 14.0 Å². The third kappa shape index (κ3) is 3.10. The summed E-state index contributed by atoms with van der Waals surface area (Å²) in [6.07, 6.45) is 1.37. The Bertz CT molecular complexity index is 985. The molecule has 0 atom stereocenters. The Hall–Kier alpha value is -2.80. The van der Waals surface area contributed by atoms with Gasteiger partial charge in [-0.05, 0) is 42.8 Å². The average molecular weight is 355 g/mol. The fourth-order valence-electron chi connectivity index (χ4n) is 2.86. The molecule has 1 aliphatic heterocycles. The summed E-state index contributed by atoms with van der Waals surface area (Å²) in [5, 5.41) is 3.15. The standard InChI is InChI=1S/C18H14FN3O2S/c19-12-6-7-14-15(10-12)25-18(20-14)21-17(24)11-3-1-4-13(9-11)22-8-2-5-16(22)23/h1,3-4,6-7,9-10H,2,5,8H2,(H,20,21,24). The summed E-state index contributed by atoms with van der Waals surface area (Å²) in [6, 6.07) is 11.3. The van der Waals surface area contributed by atoms with Crippen molar-refractivity contribution in [1.29, 1.82) is 0 Å². The summed E-state index contributed by atoms with van der Waals surface area (Å²) in [7, 11) is 0. The van der Waals surface area contributed by atoms with Crippen LogP contribution in [0.5, 0.6) is 0 Å². The highest BCUT2D eigenvalue weighted by atomic mass is 32.1. The summed E-state index contributed by atoms with van der Waals surface area (Å²) in [4.78, 5) is 30.3. The van der Waals surface area contributed by atoms with Gasteiger partial charge in [-0.1, -0.05) is 17.4 Å². The zero-order chi connectivity index (χ0) is 17.4.